The molecule has 0 radical (unpaired) electrons. The first-order valence-electron chi connectivity index (χ1n) is 17.2. The summed E-state index contributed by atoms with van der Waals surface area (Å²) in [4.78, 5) is 13.2. The Morgan fingerprint density at radius 3 is 1.96 bits per heavy atom. The lowest BCUT2D eigenvalue weighted by Crippen LogP contribution is -2.52. The van der Waals surface area contributed by atoms with Crippen LogP contribution in [0.1, 0.15) is 76.0 Å². The second kappa shape index (κ2) is 17.8. The molecule has 0 unspecified atom stereocenters. The zero-order valence-corrected chi connectivity index (χ0v) is 27.8. The first-order valence-corrected chi connectivity index (χ1v) is 17.2. The van der Waals surface area contributed by atoms with E-state index in [2.05, 4.69) is 57.2 Å². The summed E-state index contributed by atoms with van der Waals surface area (Å²) in [5.41, 5.74) is 3.30. The van der Waals surface area contributed by atoms with Gasteiger partial charge in [-0.3, -0.25) is 4.79 Å². The number of carbonyl (C=O) groups is 1. The van der Waals surface area contributed by atoms with Gasteiger partial charge in [0.15, 0.2) is 0 Å². The number of hydrogen-bond acceptors (Lipinski definition) is 6. The smallest absolute Gasteiger partial charge is 0.306 e. The van der Waals surface area contributed by atoms with Crippen LogP contribution in [-0.2, 0) is 48.3 Å². The van der Waals surface area contributed by atoms with Crippen LogP contribution < -0.4 is 0 Å². The highest BCUT2D eigenvalue weighted by molar-refractivity contribution is 5.69. The Balaban J connectivity index is 1.26. The van der Waals surface area contributed by atoms with Crippen LogP contribution in [0.15, 0.2) is 91.0 Å². The van der Waals surface area contributed by atoms with E-state index in [0.717, 1.165) is 29.5 Å². The molecule has 6 heteroatoms. The van der Waals surface area contributed by atoms with Crippen LogP contribution in [-0.4, -0.2) is 43.1 Å². The summed E-state index contributed by atoms with van der Waals surface area (Å²) in [7, 11) is 0. The maximum Gasteiger partial charge on any atom is 0.306 e. The van der Waals surface area contributed by atoms with Crippen molar-refractivity contribution >= 4 is 5.97 Å². The molecule has 2 fully saturated rings. The van der Waals surface area contributed by atoms with Gasteiger partial charge in [0.25, 0.3) is 0 Å². The Hall–Kier alpha value is -3.03. The van der Waals surface area contributed by atoms with Crippen molar-refractivity contribution in [3.63, 3.8) is 0 Å². The fourth-order valence-corrected chi connectivity index (χ4v) is 6.88. The number of hydrogen-bond donors (Lipinski definition) is 0. The van der Waals surface area contributed by atoms with Gasteiger partial charge in [-0.25, -0.2) is 0 Å². The second-order valence-electron chi connectivity index (χ2n) is 13.5. The van der Waals surface area contributed by atoms with E-state index in [0.29, 0.717) is 63.4 Å². The largest absolute Gasteiger partial charge is 0.462 e. The molecule has 5 rings (SSSR count). The quantitative estimate of drug-likeness (QED) is 0.158. The third-order valence-electron chi connectivity index (χ3n) is 9.50. The molecule has 1 heterocycles. The molecule has 1 aliphatic carbocycles. The minimum absolute atomic E-state index is 0.000352. The van der Waals surface area contributed by atoms with Crippen molar-refractivity contribution < 1.29 is 28.5 Å². The van der Waals surface area contributed by atoms with Crippen molar-refractivity contribution in [1.29, 1.82) is 0 Å². The van der Waals surface area contributed by atoms with Gasteiger partial charge in [0, 0.05) is 12.8 Å². The van der Waals surface area contributed by atoms with E-state index in [4.69, 9.17) is 23.7 Å². The molecule has 0 spiro atoms. The topological polar surface area (TPSA) is 63.2 Å². The number of ether oxygens (including phenoxy) is 5. The van der Waals surface area contributed by atoms with Gasteiger partial charge in [0.1, 0.15) is 18.3 Å². The third kappa shape index (κ3) is 10.5. The van der Waals surface area contributed by atoms with Crippen LogP contribution in [0.4, 0.5) is 0 Å². The summed E-state index contributed by atoms with van der Waals surface area (Å²) in [6.45, 7) is 8.50. The zero-order chi connectivity index (χ0) is 32.1. The summed E-state index contributed by atoms with van der Waals surface area (Å²) in [5.74, 6) is 1.38. The molecule has 46 heavy (non-hydrogen) atoms. The lowest BCUT2D eigenvalue weighted by molar-refractivity contribution is -0.222. The highest BCUT2D eigenvalue weighted by Crippen LogP contribution is 2.36. The van der Waals surface area contributed by atoms with Crippen LogP contribution in [0, 0.1) is 17.8 Å². The minimum atomic E-state index is -0.354. The first kappa shape index (κ1) is 34.3. The maximum atomic E-state index is 13.2. The Kier molecular flexibility index (Phi) is 13.3. The van der Waals surface area contributed by atoms with Crippen molar-refractivity contribution in [2.75, 3.05) is 6.61 Å². The van der Waals surface area contributed by atoms with Gasteiger partial charge in [0.05, 0.1) is 38.6 Å². The molecule has 3 aromatic rings. The molecule has 1 aliphatic heterocycles. The summed E-state index contributed by atoms with van der Waals surface area (Å²) < 4.78 is 32.2. The molecular weight excluding hydrogens is 576 g/mol. The molecule has 6 nitrogen and oxygen atoms in total. The first-order chi connectivity index (χ1) is 22.4. The van der Waals surface area contributed by atoms with E-state index in [-0.39, 0.29) is 36.5 Å². The summed E-state index contributed by atoms with van der Waals surface area (Å²) in [5, 5.41) is 0. The van der Waals surface area contributed by atoms with E-state index < -0.39 is 0 Å². The molecule has 3 aromatic carbocycles. The van der Waals surface area contributed by atoms with E-state index in [9.17, 15) is 4.79 Å². The number of carbonyl (C=O) groups excluding carboxylic acids is 1. The predicted molar refractivity (Wildman–Crippen MR) is 180 cm³/mol. The molecule has 0 aromatic heterocycles. The summed E-state index contributed by atoms with van der Waals surface area (Å²) >= 11 is 0. The fraction of sp³-hybridized carbons (Fsp3) is 0.525. The normalized spacial score (nSPS) is 26.6. The maximum absolute atomic E-state index is 13.2. The van der Waals surface area contributed by atoms with Gasteiger partial charge in [-0.2, -0.15) is 0 Å². The molecule has 0 N–H and O–H groups in total. The van der Waals surface area contributed by atoms with Crippen molar-refractivity contribution in [1.82, 2.24) is 0 Å². The van der Waals surface area contributed by atoms with Crippen LogP contribution in [0.5, 0.6) is 0 Å². The van der Waals surface area contributed by atoms with Crippen LogP contribution >= 0.6 is 0 Å². The number of benzene rings is 3. The van der Waals surface area contributed by atoms with Gasteiger partial charge in [-0.15, -0.1) is 0 Å². The lowest BCUT2D eigenvalue weighted by atomic mass is 9.75. The van der Waals surface area contributed by atoms with Gasteiger partial charge in [0.2, 0.25) is 0 Å². The van der Waals surface area contributed by atoms with Crippen molar-refractivity contribution in [3.8, 4) is 0 Å². The van der Waals surface area contributed by atoms with E-state index in [1.54, 1.807) is 0 Å². The number of rotatable bonds is 15. The molecule has 1 saturated carbocycles. The Bertz CT molecular complexity index is 1280. The van der Waals surface area contributed by atoms with Crippen molar-refractivity contribution in [2.45, 2.75) is 110 Å². The Labute approximate surface area is 275 Å². The fourth-order valence-electron chi connectivity index (χ4n) is 6.88. The molecule has 7 atom stereocenters. The highest BCUT2D eigenvalue weighted by atomic mass is 16.6. The molecule has 1 saturated heterocycles. The lowest BCUT2D eigenvalue weighted by Gasteiger charge is -2.41. The highest BCUT2D eigenvalue weighted by Gasteiger charge is 2.41. The molecular formula is C40H52O6. The Morgan fingerprint density at radius 2 is 1.35 bits per heavy atom. The van der Waals surface area contributed by atoms with Gasteiger partial charge < -0.3 is 23.7 Å². The number of esters is 1. The SMILES string of the molecule is CC(C)[C@@H]1CC[C@@H](C)C[C@H]1OC(=O)CC[C@@H]1C[C@@H](OCc2ccccc2)[C@H](OCc2ccccc2)[C@@H](COCc2ccccc2)O1. The summed E-state index contributed by atoms with van der Waals surface area (Å²) in [6, 6.07) is 30.5. The molecule has 0 bridgehead atoms. The van der Waals surface area contributed by atoms with E-state index in [1.165, 1.54) is 6.42 Å². The summed E-state index contributed by atoms with van der Waals surface area (Å²) in [6.07, 6.45) is 3.70. The zero-order valence-electron chi connectivity index (χ0n) is 27.8. The monoisotopic (exact) mass is 628 g/mol. The standard InChI is InChI=1S/C40H52O6/c1-29(2)35-21-19-30(3)23-36(35)46-39(41)22-20-34-24-37(43-26-32-15-9-5-10-16-32)40(44-27-33-17-11-6-12-18-33)38(45-34)28-42-25-31-13-7-4-8-14-31/h4-18,29-30,34-38,40H,19-28H2,1-3H3/t30-,34-,35+,36-,37-,38-,40+/m1/s1. The molecule has 2 aliphatic rings. The van der Waals surface area contributed by atoms with E-state index >= 15 is 0 Å². The second-order valence-corrected chi connectivity index (χ2v) is 13.5. The average Bonchev–Trinajstić information content (AvgIpc) is 3.07. The van der Waals surface area contributed by atoms with Crippen LogP contribution in [0.2, 0.25) is 0 Å². The van der Waals surface area contributed by atoms with E-state index in [1.807, 2.05) is 54.6 Å². The van der Waals surface area contributed by atoms with Crippen LogP contribution in [0.25, 0.3) is 0 Å². The third-order valence-corrected chi connectivity index (χ3v) is 9.50. The minimum Gasteiger partial charge on any atom is -0.462 e. The van der Waals surface area contributed by atoms with Gasteiger partial charge in [-0.05, 0) is 53.7 Å². The molecule has 248 valence electrons. The molecule has 0 amide bonds. The predicted octanol–water partition coefficient (Wildman–Crippen LogP) is 8.32. The Morgan fingerprint density at radius 1 is 0.761 bits per heavy atom. The van der Waals surface area contributed by atoms with Crippen LogP contribution in [0.3, 0.4) is 0 Å². The van der Waals surface area contributed by atoms with Crippen molar-refractivity contribution in [2.24, 2.45) is 17.8 Å². The van der Waals surface area contributed by atoms with Gasteiger partial charge in [-0.1, -0.05) is 118 Å². The van der Waals surface area contributed by atoms with Crippen molar-refractivity contribution in [3.05, 3.63) is 108 Å². The average molecular weight is 629 g/mol. The van der Waals surface area contributed by atoms with Gasteiger partial charge >= 0.3 is 5.97 Å².